The van der Waals surface area contributed by atoms with Crippen molar-refractivity contribution in [1.82, 2.24) is 9.97 Å². The fourth-order valence-corrected chi connectivity index (χ4v) is 1.87. The van der Waals surface area contributed by atoms with E-state index in [2.05, 4.69) is 42.6 Å². The molecular weight excluding hydrogens is 252 g/mol. The van der Waals surface area contributed by atoms with E-state index in [0.29, 0.717) is 19.0 Å². The van der Waals surface area contributed by atoms with Gasteiger partial charge in [-0.3, -0.25) is 0 Å². The lowest BCUT2D eigenvalue weighted by molar-refractivity contribution is 0.304. The second-order valence-electron chi connectivity index (χ2n) is 5.83. The van der Waals surface area contributed by atoms with Gasteiger partial charge in [0.15, 0.2) is 0 Å². The van der Waals surface area contributed by atoms with Gasteiger partial charge in [-0.2, -0.15) is 4.98 Å². The highest BCUT2D eigenvalue weighted by molar-refractivity contribution is 5.32. The van der Waals surface area contributed by atoms with E-state index in [4.69, 9.17) is 10.5 Å². The van der Waals surface area contributed by atoms with E-state index in [-0.39, 0.29) is 5.41 Å². The summed E-state index contributed by atoms with van der Waals surface area (Å²) in [5, 5.41) is 0. The second-order valence-corrected chi connectivity index (χ2v) is 5.83. The molecule has 0 radical (unpaired) electrons. The maximum absolute atomic E-state index is 5.83. The molecule has 0 spiro atoms. The van der Waals surface area contributed by atoms with Gasteiger partial charge in [-0.25, -0.2) is 4.98 Å². The highest BCUT2D eigenvalue weighted by Crippen LogP contribution is 2.20. The zero-order chi connectivity index (χ0) is 15.0. The minimum atomic E-state index is 0.0405. The minimum Gasteiger partial charge on any atom is -0.478 e. The van der Waals surface area contributed by atoms with Crippen LogP contribution in [0.5, 0.6) is 5.88 Å². The summed E-state index contributed by atoms with van der Waals surface area (Å²) in [6.45, 7) is 11.6. The van der Waals surface area contributed by atoms with Gasteiger partial charge in [0, 0.05) is 25.4 Å². The lowest BCUT2D eigenvalue weighted by Gasteiger charge is -2.31. The third-order valence-electron chi connectivity index (χ3n) is 3.02. The Morgan fingerprint density at radius 3 is 2.65 bits per heavy atom. The van der Waals surface area contributed by atoms with Gasteiger partial charge in [0.2, 0.25) is 11.8 Å². The topological polar surface area (TPSA) is 64.3 Å². The summed E-state index contributed by atoms with van der Waals surface area (Å²) in [6, 6.07) is 1.80. The molecule has 0 unspecified atom stereocenters. The molecule has 0 saturated carbocycles. The van der Waals surface area contributed by atoms with E-state index in [1.165, 1.54) is 0 Å². The van der Waals surface area contributed by atoms with Crippen molar-refractivity contribution in [2.45, 2.75) is 40.5 Å². The predicted molar refractivity (Wildman–Crippen MR) is 83.2 cm³/mol. The third kappa shape index (κ3) is 5.33. The van der Waals surface area contributed by atoms with Crippen molar-refractivity contribution in [1.29, 1.82) is 0 Å². The number of aromatic nitrogens is 2. The zero-order valence-corrected chi connectivity index (χ0v) is 13.2. The molecule has 0 atom stereocenters. The van der Waals surface area contributed by atoms with Gasteiger partial charge in [0.1, 0.15) is 0 Å². The SMILES string of the molecule is CCCOc1ccnc(N(CCC)CC(C)(C)CN)n1. The van der Waals surface area contributed by atoms with E-state index in [0.717, 1.165) is 31.9 Å². The van der Waals surface area contributed by atoms with E-state index in [9.17, 15) is 0 Å². The van der Waals surface area contributed by atoms with Crippen molar-refractivity contribution >= 4 is 5.95 Å². The summed E-state index contributed by atoms with van der Waals surface area (Å²) in [5.74, 6) is 1.37. The normalized spacial score (nSPS) is 11.4. The summed E-state index contributed by atoms with van der Waals surface area (Å²) in [6.07, 6.45) is 3.77. The molecule has 20 heavy (non-hydrogen) atoms. The molecule has 1 aromatic heterocycles. The molecule has 0 bridgehead atoms. The van der Waals surface area contributed by atoms with Gasteiger partial charge in [-0.1, -0.05) is 27.7 Å². The number of rotatable bonds is 9. The molecule has 0 aromatic carbocycles. The molecule has 0 amide bonds. The molecule has 0 saturated heterocycles. The first-order valence-corrected chi connectivity index (χ1v) is 7.43. The van der Waals surface area contributed by atoms with Crippen LogP contribution in [0.4, 0.5) is 5.95 Å². The fraction of sp³-hybridized carbons (Fsp3) is 0.733. The Balaban J connectivity index is 2.85. The van der Waals surface area contributed by atoms with E-state index < -0.39 is 0 Å². The quantitative estimate of drug-likeness (QED) is 0.753. The Morgan fingerprint density at radius 1 is 1.30 bits per heavy atom. The van der Waals surface area contributed by atoms with Crippen LogP contribution in [-0.4, -0.2) is 36.2 Å². The minimum absolute atomic E-state index is 0.0405. The molecule has 1 heterocycles. The summed E-state index contributed by atoms with van der Waals surface area (Å²) in [5.41, 5.74) is 5.87. The van der Waals surface area contributed by atoms with Crippen molar-refractivity contribution < 1.29 is 4.74 Å². The molecule has 5 nitrogen and oxygen atoms in total. The van der Waals surface area contributed by atoms with Gasteiger partial charge >= 0.3 is 0 Å². The molecule has 1 rings (SSSR count). The van der Waals surface area contributed by atoms with Gasteiger partial charge in [-0.15, -0.1) is 0 Å². The smallest absolute Gasteiger partial charge is 0.228 e. The van der Waals surface area contributed by atoms with Crippen LogP contribution >= 0.6 is 0 Å². The third-order valence-corrected chi connectivity index (χ3v) is 3.02. The van der Waals surface area contributed by atoms with Crippen LogP contribution < -0.4 is 15.4 Å². The number of hydrogen-bond acceptors (Lipinski definition) is 5. The first-order chi connectivity index (χ1) is 9.52. The van der Waals surface area contributed by atoms with E-state index in [1.54, 1.807) is 12.3 Å². The lowest BCUT2D eigenvalue weighted by atomic mass is 9.93. The molecule has 5 heteroatoms. The summed E-state index contributed by atoms with van der Waals surface area (Å²) in [4.78, 5) is 11.1. The Hall–Kier alpha value is -1.36. The Kier molecular flexibility index (Phi) is 6.71. The van der Waals surface area contributed by atoms with Crippen molar-refractivity contribution in [3.05, 3.63) is 12.3 Å². The zero-order valence-electron chi connectivity index (χ0n) is 13.2. The lowest BCUT2D eigenvalue weighted by Crippen LogP contribution is -2.40. The van der Waals surface area contributed by atoms with Crippen molar-refractivity contribution in [2.24, 2.45) is 11.1 Å². The number of nitrogens with zero attached hydrogens (tertiary/aromatic N) is 3. The maximum atomic E-state index is 5.83. The Labute approximate surface area is 122 Å². The van der Waals surface area contributed by atoms with Crippen LogP contribution in [0.2, 0.25) is 0 Å². The van der Waals surface area contributed by atoms with E-state index in [1.807, 2.05) is 0 Å². The summed E-state index contributed by atoms with van der Waals surface area (Å²) in [7, 11) is 0. The monoisotopic (exact) mass is 280 g/mol. The number of ether oxygens (including phenoxy) is 1. The molecule has 0 aliphatic carbocycles. The second kappa shape index (κ2) is 8.04. The molecule has 114 valence electrons. The average Bonchev–Trinajstić information content (AvgIpc) is 2.45. The van der Waals surface area contributed by atoms with Crippen LogP contribution in [0.15, 0.2) is 12.3 Å². The number of anilines is 1. The van der Waals surface area contributed by atoms with Gasteiger partial charge < -0.3 is 15.4 Å². The van der Waals surface area contributed by atoms with Crippen LogP contribution in [0, 0.1) is 5.41 Å². The maximum Gasteiger partial charge on any atom is 0.228 e. The standard InChI is InChI=1S/C15H28N4O/c1-5-9-19(12-15(3,4)11-16)14-17-8-7-13(18-14)20-10-6-2/h7-8H,5-6,9-12,16H2,1-4H3. The van der Waals surface area contributed by atoms with Crippen molar-refractivity contribution in [2.75, 3.05) is 31.1 Å². The van der Waals surface area contributed by atoms with Crippen LogP contribution in [0.1, 0.15) is 40.5 Å². The highest BCUT2D eigenvalue weighted by atomic mass is 16.5. The van der Waals surface area contributed by atoms with Crippen LogP contribution in [0.25, 0.3) is 0 Å². The predicted octanol–water partition coefficient (Wildman–Crippen LogP) is 2.47. The largest absolute Gasteiger partial charge is 0.478 e. The van der Waals surface area contributed by atoms with Gasteiger partial charge in [-0.05, 0) is 24.8 Å². The van der Waals surface area contributed by atoms with Crippen LogP contribution in [-0.2, 0) is 0 Å². The van der Waals surface area contributed by atoms with E-state index >= 15 is 0 Å². The number of hydrogen-bond donors (Lipinski definition) is 1. The van der Waals surface area contributed by atoms with Gasteiger partial charge in [0.05, 0.1) is 6.61 Å². The molecule has 2 N–H and O–H groups in total. The Bertz CT molecular complexity index is 395. The molecule has 1 aromatic rings. The molecular formula is C15H28N4O. The average molecular weight is 280 g/mol. The molecule has 0 aliphatic heterocycles. The van der Waals surface area contributed by atoms with Crippen LogP contribution in [0.3, 0.4) is 0 Å². The number of nitrogens with two attached hydrogens (primary N) is 1. The first kappa shape index (κ1) is 16.7. The highest BCUT2D eigenvalue weighted by Gasteiger charge is 2.21. The fourth-order valence-electron chi connectivity index (χ4n) is 1.87. The molecule has 0 fully saturated rings. The molecule has 0 aliphatic rings. The summed E-state index contributed by atoms with van der Waals surface area (Å²) < 4.78 is 5.58. The van der Waals surface area contributed by atoms with Crippen molar-refractivity contribution in [3.8, 4) is 5.88 Å². The van der Waals surface area contributed by atoms with Gasteiger partial charge in [0.25, 0.3) is 0 Å². The summed E-state index contributed by atoms with van der Waals surface area (Å²) >= 11 is 0. The van der Waals surface area contributed by atoms with Crippen molar-refractivity contribution in [3.63, 3.8) is 0 Å². The first-order valence-electron chi connectivity index (χ1n) is 7.43. The Morgan fingerprint density at radius 2 is 2.05 bits per heavy atom.